The lowest BCUT2D eigenvalue weighted by Crippen LogP contribution is -2.50. The highest BCUT2D eigenvalue weighted by atomic mass is 32.2. The van der Waals surface area contributed by atoms with Gasteiger partial charge in [0, 0.05) is 22.4 Å². The first-order valence-corrected chi connectivity index (χ1v) is 11.8. The zero-order chi connectivity index (χ0) is 23.4. The molecule has 0 unspecified atom stereocenters. The second kappa shape index (κ2) is 7.73. The number of carbonyl (C=O) groups excluding carboxylic acids is 2. The van der Waals surface area contributed by atoms with Crippen LogP contribution in [0.2, 0.25) is 0 Å². The summed E-state index contributed by atoms with van der Waals surface area (Å²) in [5.41, 5.74) is 4.21. The van der Waals surface area contributed by atoms with Crippen molar-refractivity contribution in [2.24, 2.45) is 0 Å². The minimum absolute atomic E-state index is 0.113. The van der Waals surface area contributed by atoms with Crippen molar-refractivity contribution >= 4 is 29.3 Å². The maximum atomic E-state index is 14.2. The molecule has 6 heteroatoms. The van der Waals surface area contributed by atoms with Gasteiger partial charge in [0.2, 0.25) is 0 Å². The quantitative estimate of drug-likeness (QED) is 0.518. The van der Waals surface area contributed by atoms with Crippen LogP contribution in [0.25, 0.3) is 0 Å². The van der Waals surface area contributed by atoms with Crippen molar-refractivity contribution in [1.29, 1.82) is 0 Å². The molecule has 1 atom stereocenters. The van der Waals surface area contributed by atoms with Gasteiger partial charge in [-0.3, -0.25) is 9.59 Å². The third kappa shape index (κ3) is 3.44. The Labute approximate surface area is 197 Å². The topological polar surface area (TPSA) is 40.6 Å². The number of hydrogen-bond donors (Lipinski definition) is 0. The summed E-state index contributed by atoms with van der Waals surface area (Å²) in [5, 5.41) is 0. The van der Waals surface area contributed by atoms with Gasteiger partial charge >= 0.3 is 0 Å². The smallest absolute Gasteiger partial charge is 0.268 e. The molecule has 0 radical (unpaired) electrons. The Morgan fingerprint density at radius 2 is 1.67 bits per heavy atom. The van der Waals surface area contributed by atoms with Gasteiger partial charge in [-0.2, -0.15) is 0 Å². The molecule has 2 aliphatic rings. The summed E-state index contributed by atoms with van der Waals surface area (Å²) >= 11 is 1.52. The molecule has 4 nitrogen and oxygen atoms in total. The molecule has 1 fully saturated rings. The molecule has 0 bridgehead atoms. The number of amides is 2. The van der Waals surface area contributed by atoms with Gasteiger partial charge in [-0.05, 0) is 62.2 Å². The SMILES string of the molecule is Cc1ccccc1CN1C(=O)[C@@]2(SC(C)(C)CN2C(=O)c2ccc(F)cc2)c2ccccc21. The standard InChI is InChI=1S/C27H25FN2O2S/c1-18-8-4-5-9-20(18)16-29-23-11-7-6-10-22(23)27(25(29)32)30(17-26(2,3)33-27)24(31)19-12-14-21(28)15-13-19/h4-15H,16-17H2,1-3H3/t27-/m0/s1. The molecule has 1 saturated heterocycles. The van der Waals surface area contributed by atoms with Crippen LogP contribution >= 0.6 is 11.8 Å². The third-order valence-corrected chi connectivity index (χ3v) is 7.96. The maximum Gasteiger partial charge on any atom is 0.268 e. The van der Waals surface area contributed by atoms with Crippen LogP contribution in [-0.2, 0) is 16.2 Å². The first kappa shape index (κ1) is 21.7. The van der Waals surface area contributed by atoms with E-state index in [4.69, 9.17) is 0 Å². The molecular formula is C27H25FN2O2S. The number of aryl methyl sites for hydroxylation is 1. The van der Waals surface area contributed by atoms with Crippen molar-refractivity contribution in [3.05, 3.63) is 101 Å². The van der Waals surface area contributed by atoms with Crippen molar-refractivity contribution in [1.82, 2.24) is 4.90 Å². The number of halogens is 1. The summed E-state index contributed by atoms with van der Waals surface area (Å²) in [5.74, 6) is -0.781. The van der Waals surface area contributed by atoms with E-state index in [1.54, 1.807) is 9.80 Å². The molecule has 3 aromatic carbocycles. The molecule has 0 aromatic heterocycles. The van der Waals surface area contributed by atoms with Crippen molar-refractivity contribution in [2.75, 3.05) is 11.4 Å². The Bertz CT molecular complexity index is 1260. The molecule has 3 aromatic rings. The van der Waals surface area contributed by atoms with Crippen LogP contribution in [0.3, 0.4) is 0 Å². The normalized spacial score (nSPS) is 21.0. The van der Waals surface area contributed by atoms with Gasteiger partial charge in [0.1, 0.15) is 5.82 Å². The molecule has 0 aliphatic carbocycles. The predicted octanol–water partition coefficient (Wildman–Crippen LogP) is 5.50. The van der Waals surface area contributed by atoms with Gasteiger partial charge in [0.15, 0.2) is 4.87 Å². The maximum absolute atomic E-state index is 14.2. The highest BCUT2D eigenvalue weighted by molar-refractivity contribution is 8.02. The summed E-state index contributed by atoms with van der Waals surface area (Å²) in [6.07, 6.45) is 0. The largest absolute Gasteiger partial charge is 0.310 e. The van der Waals surface area contributed by atoms with Gasteiger partial charge in [0.05, 0.1) is 12.2 Å². The van der Waals surface area contributed by atoms with Crippen molar-refractivity contribution in [3.63, 3.8) is 0 Å². The van der Waals surface area contributed by atoms with E-state index in [1.807, 2.05) is 55.5 Å². The van der Waals surface area contributed by atoms with Crippen LogP contribution in [-0.4, -0.2) is 28.0 Å². The molecule has 2 aliphatic heterocycles. The van der Waals surface area contributed by atoms with E-state index in [1.165, 1.54) is 36.0 Å². The first-order chi connectivity index (χ1) is 15.7. The van der Waals surface area contributed by atoms with Gasteiger partial charge < -0.3 is 9.80 Å². The molecule has 0 N–H and O–H groups in total. The predicted molar refractivity (Wildman–Crippen MR) is 130 cm³/mol. The Hall–Kier alpha value is -3.12. The second-order valence-corrected chi connectivity index (χ2v) is 11.1. The Morgan fingerprint density at radius 1 is 1.00 bits per heavy atom. The van der Waals surface area contributed by atoms with Crippen LogP contribution in [0.4, 0.5) is 10.1 Å². The fourth-order valence-corrected chi connectivity index (χ4v) is 6.55. The Balaban J connectivity index is 1.63. The van der Waals surface area contributed by atoms with Crippen molar-refractivity contribution in [3.8, 4) is 0 Å². The fourth-order valence-electron chi connectivity index (χ4n) is 4.82. The second-order valence-electron chi connectivity index (χ2n) is 9.24. The zero-order valence-electron chi connectivity index (χ0n) is 18.8. The van der Waals surface area contributed by atoms with Crippen molar-refractivity contribution < 1.29 is 14.0 Å². The van der Waals surface area contributed by atoms with E-state index in [0.717, 1.165) is 22.4 Å². The highest BCUT2D eigenvalue weighted by Gasteiger charge is 2.63. The van der Waals surface area contributed by atoms with E-state index in [9.17, 15) is 14.0 Å². The van der Waals surface area contributed by atoms with Gasteiger partial charge in [-0.1, -0.05) is 42.5 Å². The monoisotopic (exact) mass is 460 g/mol. The highest BCUT2D eigenvalue weighted by Crippen LogP contribution is 2.60. The number of anilines is 1. The molecule has 5 rings (SSSR count). The van der Waals surface area contributed by atoms with Crippen LogP contribution in [0.1, 0.15) is 40.9 Å². The molecule has 33 heavy (non-hydrogen) atoms. The first-order valence-electron chi connectivity index (χ1n) is 11.0. The number of nitrogens with zero attached hydrogens (tertiary/aromatic N) is 2. The number of benzene rings is 3. The minimum Gasteiger partial charge on any atom is -0.310 e. The Morgan fingerprint density at radius 3 is 2.39 bits per heavy atom. The number of thioether (sulfide) groups is 1. The summed E-state index contributed by atoms with van der Waals surface area (Å²) in [7, 11) is 0. The summed E-state index contributed by atoms with van der Waals surface area (Å²) in [6.45, 7) is 6.99. The zero-order valence-corrected chi connectivity index (χ0v) is 19.7. The van der Waals surface area contributed by atoms with E-state index < -0.39 is 10.7 Å². The summed E-state index contributed by atoms with van der Waals surface area (Å²) in [6, 6.07) is 21.3. The number of para-hydroxylation sites is 1. The third-order valence-electron chi connectivity index (χ3n) is 6.36. The number of hydrogen-bond acceptors (Lipinski definition) is 3. The van der Waals surface area contributed by atoms with Crippen LogP contribution in [0.5, 0.6) is 0 Å². The number of fused-ring (bicyclic) bond motifs is 2. The molecule has 1 spiro atoms. The van der Waals surface area contributed by atoms with Crippen LogP contribution in [0, 0.1) is 12.7 Å². The number of carbonyl (C=O) groups is 2. The summed E-state index contributed by atoms with van der Waals surface area (Å²) in [4.78, 5) is 30.3. The molecule has 168 valence electrons. The van der Waals surface area contributed by atoms with E-state index >= 15 is 0 Å². The van der Waals surface area contributed by atoms with E-state index in [0.29, 0.717) is 18.7 Å². The Kier molecular flexibility index (Phi) is 5.09. The van der Waals surface area contributed by atoms with Crippen LogP contribution < -0.4 is 4.90 Å². The van der Waals surface area contributed by atoms with E-state index in [-0.39, 0.29) is 16.6 Å². The lowest BCUT2D eigenvalue weighted by atomic mass is 10.0. The van der Waals surface area contributed by atoms with Gasteiger partial charge in [-0.15, -0.1) is 11.8 Å². The lowest BCUT2D eigenvalue weighted by molar-refractivity contribution is -0.123. The molecule has 2 amide bonds. The molecular weight excluding hydrogens is 435 g/mol. The van der Waals surface area contributed by atoms with Gasteiger partial charge in [0.25, 0.3) is 11.8 Å². The lowest BCUT2D eigenvalue weighted by Gasteiger charge is -2.33. The average Bonchev–Trinajstić information content (AvgIpc) is 3.21. The van der Waals surface area contributed by atoms with Crippen LogP contribution in [0.15, 0.2) is 72.8 Å². The van der Waals surface area contributed by atoms with Gasteiger partial charge in [-0.25, -0.2) is 4.39 Å². The van der Waals surface area contributed by atoms with E-state index in [2.05, 4.69) is 13.8 Å². The fraction of sp³-hybridized carbons (Fsp3) is 0.259. The number of rotatable bonds is 3. The molecule has 2 heterocycles. The van der Waals surface area contributed by atoms with Crippen molar-refractivity contribution in [2.45, 2.75) is 36.9 Å². The molecule has 0 saturated carbocycles. The summed E-state index contributed by atoms with van der Waals surface area (Å²) < 4.78 is 13.2. The average molecular weight is 461 g/mol. The minimum atomic E-state index is -1.16.